The van der Waals surface area contributed by atoms with Crippen molar-refractivity contribution in [3.8, 4) is 0 Å². The van der Waals surface area contributed by atoms with Crippen LogP contribution in [-0.2, 0) is 14.9 Å². The first-order valence-electron chi connectivity index (χ1n) is 5.67. The molecule has 0 aromatic carbocycles. The summed E-state index contributed by atoms with van der Waals surface area (Å²) in [5.74, 6) is 0. The lowest BCUT2D eigenvalue weighted by atomic mass is 9.88. The third-order valence-corrected chi connectivity index (χ3v) is 3.46. The van der Waals surface area contributed by atoms with Crippen LogP contribution in [0.5, 0.6) is 0 Å². The van der Waals surface area contributed by atoms with Crippen LogP contribution in [-0.4, -0.2) is 46.9 Å². The average molecular weight is 268 g/mol. The molecule has 0 aliphatic carbocycles. The van der Waals surface area contributed by atoms with Gasteiger partial charge in [0.25, 0.3) is 10.2 Å². The highest BCUT2D eigenvalue weighted by Crippen LogP contribution is 2.20. The molecule has 17 heavy (non-hydrogen) atoms. The van der Waals surface area contributed by atoms with Gasteiger partial charge >= 0.3 is 0 Å². The molecule has 0 aliphatic heterocycles. The molecule has 0 rings (SSSR count). The van der Waals surface area contributed by atoms with Crippen LogP contribution in [0.15, 0.2) is 0 Å². The molecule has 0 fully saturated rings. The van der Waals surface area contributed by atoms with Gasteiger partial charge in [-0.2, -0.15) is 13.1 Å². The lowest BCUT2D eigenvalue weighted by Gasteiger charge is -2.24. The van der Waals surface area contributed by atoms with Crippen molar-refractivity contribution in [2.24, 2.45) is 5.41 Å². The summed E-state index contributed by atoms with van der Waals surface area (Å²) < 4.78 is 32.6. The number of hydrogen-bond donors (Lipinski definition) is 3. The van der Waals surface area contributed by atoms with Crippen molar-refractivity contribution in [3.63, 3.8) is 0 Å². The molecular weight excluding hydrogens is 244 g/mol. The number of hydrogen-bond acceptors (Lipinski definition) is 4. The zero-order chi connectivity index (χ0) is 13.4. The SMILES string of the molecule is COCCNS(=O)(=O)NCC(C)(C)CCCO. The molecular formula is C10H24N2O4S. The second kappa shape index (κ2) is 7.99. The normalized spacial score (nSPS) is 12.9. The molecule has 0 heterocycles. The van der Waals surface area contributed by atoms with Crippen molar-refractivity contribution in [2.45, 2.75) is 26.7 Å². The predicted octanol–water partition coefficient (Wildman–Crippen LogP) is -0.144. The van der Waals surface area contributed by atoms with E-state index in [0.29, 0.717) is 19.6 Å². The van der Waals surface area contributed by atoms with Crippen LogP contribution in [0.4, 0.5) is 0 Å². The summed E-state index contributed by atoms with van der Waals surface area (Å²) >= 11 is 0. The van der Waals surface area contributed by atoms with Crippen LogP contribution in [0.2, 0.25) is 0 Å². The van der Waals surface area contributed by atoms with E-state index in [4.69, 9.17) is 9.84 Å². The Morgan fingerprint density at radius 3 is 2.47 bits per heavy atom. The summed E-state index contributed by atoms with van der Waals surface area (Å²) in [6.07, 6.45) is 1.44. The van der Waals surface area contributed by atoms with Gasteiger partial charge in [-0.15, -0.1) is 0 Å². The van der Waals surface area contributed by atoms with Gasteiger partial charge in [-0.3, -0.25) is 0 Å². The largest absolute Gasteiger partial charge is 0.396 e. The standard InChI is InChI=1S/C10H24N2O4S/c1-10(2,5-4-7-13)9-12-17(14,15)11-6-8-16-3/h11-13H,4-9H2,1-3H3. The minimum absolute atomic E-state index is 0.127. The van der Waals surface area contributed by atoms with Gasteiger partial charge in [0, 0.05) is 26.8 Å². The second-order valence-electron chi connectivity index (χ2n) is 4.70. The van der Waals surface area contributed by atoms with Gasteiger partial charge < -0.3 is 9.84 Å². The molecule has 0 atom stereocenters. The number of ether oxygens (including phenoxy) is 1. The Bertz CT molecular complexity index is 291. The molecule has 0 saturated heterocycles. The quantitative estimate of drug-likeness (QED) is 0.481. The van der Waals surface area contributed by atoms with Crippen molar-refractivity contribution < 1.29 is 18.3 Å². The molecule has 6 nitrogen and oxygen atoms in total. The lowest BCUT2D eigenvalue weighted by Crippen LogP contribution is -2.42. The van der Waals surface area contributed by atoms with Gasteiger partial charge in [-0.25, -0.2) is 4.72 Å². The van der Waals surface area contributed by atoms with Gasteiger partial charge in [0.15, 0.2) is 0 Å². The van der Waals surface area contributed by atoms with Gasteiger partial charge in [0.1, 0.15) is 0 Å². The van der Waals surface area contributed by atoms with Crippen molar-refractivity contribution in [1.29, 1.82) is 0 Å². The van der Waals surface area contributed by atoms with Crippen LogP contribution in [0.3, 0.4) is 0 Å². The Morgan fingerprint density at radius 2 is 1.94 bits per heavy atom. The van der Waals surface area contributed by atoms with Gasteiger partial charge in [-0.05, 0) is 18.3 Å². The topological polar surface area (TPSA) is 87.7 Å². The van der Waals surface area contributed by atoms with E-state index >= 15 is 0 Å². The first-order valence-corrected chi connectivity index (χ1v) is 7.15. The van der Waals surface area contributed by atoms with Crippen LogP contribution in [0.1, 0.15) is 26.7 Å². The fourth-order valence-electron chi connectivity index (χ4n) is 1.27. The zero-order valence-corrected chi connectivity index (χ0v) is 11.6. The molecule has 0 aliphatic rings. The van der Waals surface area contributed by atoms with Gasteiger partial charge in [0.05, 0.1) is 6.61 Å². The maximum absolute atomic E-state index is 11.5. The Labute approximate surface area is 104 Å². The summed E-state index contributed by atoms with van der Waals surface area (Å²) in [4.78, 5) is 0. The molecule has 0 aromatic heterocycles. The summed E-state index contributed by atoms with van der Waals surface area (Å²) in [6.45, 7) is 4.98. The van der Waals surface area contributed by atoms with Gasteiger partial charge in [-0.1, -0.05) is 13.8 Å². The highest BCUT2D eigenvalue weighted by Gasteiger charge is 2.20. The molecule has 0 spiro atoms. The average Bonchev–Trinajstić information content (AvgIpc) is 2.25. The van der Waals surface area contributed by atoms with Crippen molar-refractivity contribution in [1.82, 2.24) is 9.44 Å². The maximum Gasteiger partial charge on any atom is 0.277 e. The van der Waals surface area contributed by atoms with Crippen LogP contribution in [0.25, 0.3) is 0 Å². The molecule has 104 valence electrons. The van der Waals surface area contributed by atoms with Gasteiger partial charge in [0.2, 0.25) is 0 Å². The smallest absolute Gasteiger partial charge is 0.277 e. The van der Waals surface area contributed by atoms with Crippen LogP contribution in [0, 0.1) is 5.41 Å². The Hall–Kier alpha value is -0.210. The third kappa shape index (κ3) is 9.49. The fourth-order valence-corrected chi connectivity index (χ4v) is 2.30. The third-order valence-electron chi connectivity index (χ3n) is 2.35. The molecule has 0 aromatic rings. The molecule has 0 radical (unpaired) electrons. The first kappa shape index (κ1) is 16.8. The number of aliphatic hydroxyl groups excluding tert-OH is 1. The van der Waals surface area contributed by atoms with E-state index in [-0.39, 0.29) is 18.6 Å². The monoisotopic (exact) mass is 268 g/mol. The summed E-state index contributed by atoms with van der Waals surface area (Å²) in [5, 5.41) is 8.74. The first-order chi connectivity index (χ1) is 7.83. The van der Waals surface area contributed by atoms with Crippen LogP contribution >= 0.6 is 0 Å². The minimum atomic E-state index is -3.45. The van der Waals surface area contributed by atoms with Crippen molar-refractivity contribution in [3.05, 3.63) is 0 Å². The highest BCUT2D eigenvalue weighted by molar-refractivity contribution is 7.87. The highest BCUT2D eigenvalue weighted by atomic mass is 32.2. The fraction of sp³-hybridized carbons (Fsp3) is 1.00. The summed E-state index contributed by atoms with van der Waals surface area (Å²) in [7, 11) is -1.94. The molecule has 3 N–H and O–H groups in total. The lowest BCUT2D eigenvalue weighted by molar-refractivity contribution is 0.204. The summed E-state index contributed by atoms with van der Waals surface area (Å²) in [6, 6.07) is 0. The second-order valence-corrected chi connectivity index (χ2v) is 6.29. The Balaban J connectivity index is 3.99. The number of aliphatic hydroxyl groups is 1. The van der Waals surface area contributed by atoms with E-state index in [1.165, 1.54) is 7.11 Å². The van der Waals surface area contributed by atoms with Crippen molar-refractivity contribution >= 4 is 10.2 Å². The molecule has 0 amide bonds. The van der Waals surface area contributed by atoms with E-state index in [9.17, 15) is 8.42 Å². The number of methoxy groups -OCH3 is 1. The number of nitrogens with one attached hydrogen (secondary N) is 2. The van der Waals surface area contributed by atoms with E-state index in [1.54, 1.807) is 0 Å². The van der Waals surface area contributed by atoms with E-state index in [0.717, 1.165) is 6.42 Å². The molecule has 0 unspecified atom stereocenters. The van der Waals surface area contributed by atoms with Crippen LogP contribution < -0.4 is 9.44 Å². The van der Waals surface area contributed by atoms with Crippen molar-refractivity contribution in [2.75, 3.05) is 33.4 Å². The molecule has 7 heteroatoms. The predicted molar refractivity (Wildman–Crippen MR) is 66.9 cm³/mol. The van der Waals surface area contributed by atoms with E-state index in [2.05, 4.69) is 9.44 Å². The Kier molecular flexibility index (Phi) is 7.89. The van der Waals surface area contributed by atoms with E-state index < -0.39 is 10.2 Å². The number of rotatable bonds is 10. The molecule has 0 bridgehead atoms. The Morgan fingerprint density at radius 1 is 1.29 bits per heavy atom. The minimum Gasteiger partial charge on any atom is -0.396 e. The maximum atomic E-state index is 11.5. The van der Waals surface area contributed by atoms with E-state index in [1.807, 2.05) is 13.8 Å². The zero-order valence-electron chi connectivity index (χ0n) is 10.8. The molecule has 0 saturated carbocycles. The summed E-state index contributed by atoms with van der Waals surface area (Å²) in [5.41, 5.74) is -0.168.